The summed E-state index contributed by atoms with van der Waals surface area (Å²) >= 11 is 6.12. The number of hydrogen-bond acceptors (Lipinski definition) is 4. The van der Waals surface area contributed by atoms with E-state index in [9.17, 15) is 0 Å². The standard InChI is InChI=1S/C21H25ClN2O2.C2H4O2/c1-16(23)24-11-9-17(10-12-24)14-25-19-6-4-5-18(13-19)15-26-21-8-3-2-7-20(21)22;1-2(3)4/h2-8,13,17,23H,9-12,14-15H2,1H3;1H3,(H,3,4). The van der Waals surface area contributed by atoms with Crippen molar-refractivity contribution in [3.8, 4) is 11.5 Å². The molecule has 30 heavy (non-hydrogen) atoms. The Morgan fingerprint density at radius 2 is 1.80 bits per heavy atom. The zero-order valence-electron chi connectivity index (χ0n) is 17.4. The monoisotopic (exact) mass is 432 g/mol. The van der Waals surface area contributed by atoms with Crippen LogP contribution in [0.4, 0.5) is 0 Å². The summed E-state index contributed by atoms with van der Waals surface area (Å²) in [4.78, 5) is 11.1. The van der Waals surface area contributed by atoms with Gasteiger partial charge in [0.2, 0.25) is 0 Å². The number of halogens is 1. The molecule has 0 unspecified atom stereocenters. The van der Waals surface area contributed by atoms with Crippen LogP contribution in [0.3, 0.4) is 0 Å². The van der Waals surface area contributed by atoms with Gasteiger partial charge >= 0.3 is 0 Å². The van der Waals surface area contributed by atoms with E-state index >= 15 is 0 Å². The molecule has 0 atom stereocenters. The van der Waals surface area contributed by atoms with Gasteiger partial charge in [0.15, 0.2) is 0 Å². The average molecular weight is 433 g/mol. The van der Waals surface area contributed by atoms with Crippen molar-refractivity contribution in [3.05, 3.63) is 59.1 Å². The number of aliphatic carboxylic acids is 1. The van der Waals surface area contributed by atoms with E-state index in [1.807, 2.05) is 55.5 Å². The van der Waals surface area contributed by atoms with Crippen LogP contribution in [-0.2, 0) is 11.4 Å². The number of carboxylic acid groups (broad SMARTS) is 1. The number of rotatable bonds is 6. The largest absolute Gasteiger partial charge is 0.493 e. The van der Waals surface area contributed by atoms with Crippen molar-refractivity contribution in [2.75, 3.05) is 19.7 Å². The Kier molecular flexibility index (Phi) is 9.48. The van der Waals surface area contributed by atoms with Gasteiger partial charge in [0.05, 0.1) is 17.5 Å². The molecule has 2 aromatic carbocycles. The highest BCUT2D eigenvalue weighted by atomic mass is 35.5. The lowest BCUT2D eigenvalue weighted by Crippen LogP contribution is -2.38. The zero-order chi connectivity index (χ0) is 21.9. The third-order valence-electron chi connectivity index (χ3n) is 4.70. The predicted octanol–water partition coefficient (Wildman–Crippen LogP) is 5.10. The molecule has 0 amide bonds. The minimum absolute atomic E-state index is 0.456. The number of para-hydroxylation sites is 1. The number of piperidine rings is 1. The molecular formula is C23H29ClN2O4. The molecule has 2 aromatic rings. The molecule has 0 saturated carbocycles. The van der Waals surface area contributed by atoms with Gasteiger partial charge in [-0.1, -0.05) is 35.9 Å². The first-order chi connectivity index (χ1) is 14.3. The Hall–Kier alpha value is -2.73. The quantitative estimate of drug-likeness (QED) is 0.490. The van der Waals surface area contributed by atoms with E-state index in [2.05, 4.69) is 4.90 Å². The molecule has 0 aliphatic carbocycles. The van der Waals surface area contributed by atoms with Gasteiger partial charge in [0.25, 0.3) is 5.97 Å². The fourth-order valence-electron chi connectivity index (χ4n) is 3.10. The Labute approximate surface area is 182 Å². The minimum atomic E-state index is -0.833. The molecule has 0 radical (unpaired) electrons. The highest BCUT2D eigenvalue weighted by Gasteiger charge is 2.19. The summed E-state index contributed by atoms with van der Waals surface area (Å²) in [6.07, 6.45) is 2.15. The summed E-state index contributed by atoms with van der Waals surface area (Å²) in [6, 6.07) is 15.5. The highest BCUT2D eigenvalue weighted by molar-refractivity contribution is 6.32. The van der Waals surface area contributed by atoms with E-state index in [1.54, 1.807) is 0 Å². The normalized spacial score (nSPS) is 13.8. The highest BCUT2D eigenvalue weighted by Crippen LogP contribution is 2.25. The predicted molar refractivity (Wildman–Crippen MR) is 119 cm³/mol. The van der Waals surface area contributed by atoms with E-state index in [0.717, 1.165) is 50.8 Å². The number of amidine groups is 1. The third kappa shape index (κ3) is 8.33. The Morgan fingerprint density at radius 1 is 1.13 bits per heavy atom. The van der Waals surface area contributed by atoms with Gasteiger partial charge in [-0.3, -0.25) is 10.2 Å². The van der Waals surface area contributed by atoms with Gasteiger partial charge in [-0.2, -0.15) is 0 Å². The summed E-state index contributed by atoms with van der Waals surface area (Å²) in [7, 11) is 0. The molecular weight excluding hydrogens is 404 g/mol. The SMILES string of the molecule is CC(=N)N1CCC(COc2cccc(COc3ccccc3Cl)c2)CC1.CC(=O)O. The summed E-state index contributed by atoms with van der Waals surface area (Å²) in [5, 5.41) is 15.7. The average Bonchev–Trinajstić information content (AvgIpc) is 2.72. The summed E-state index contributed by atoms with van der Waals surface area (Å²) in [5.74, 6) is 1.94. The molecule has 1 aliphatic rings. The van der Waals surface area contributed by atoms with Crippen molar-refractivity contribution in [2.24, 2.45) is 5.92 Å². The number of benzene rings is 2. The minimum Gasteiger partial charge on any atom is -0.493 e. The van der Waals surface area contributed by atoms with Crippen LogP contribution >= 0.6 is 11.6 Å². The van der Waals surface area contributed by atoms with Crippen LogP contribution in [0.15, 0.2) is 48.5 Å². The molecule has 0 aromatic heterocycles. The van der Waals surface area contributed by atoms with Gasteiger partial charge in [-0.25, -0.2) is 0 Å². The molecule has 7 heteroatoms. The first-order valence-corrected chi connectivity index (χ1v) is 10.3. The number of nitrogens with one attached hydrogen (secondary N) is 1. The van der Waals surface area contributed by atoms with Crippen LogP contribution < -0.4 is 9.47 Å². The topological polar surface area (TPSA) is 82.9 Å². The molecule has 2 N–H and O–H groups in total. The maximum atomic E-state index is 9.00. The van der Waals surface area contributed by atoms with Gasteiger partial charge in [-0.15, -0.1) is 0 Å². The lowest BCUT2D eigenvalue weighted by Gasteiger charge is -2.32. The van der Waals surface area contributed by atoms with Crippen molar-refractivity contribution >= 4 is 23.4 Å². The lowest BCUT2D eigenvalue weighted by atomic mass is 9.98. The smallest absolute Gasteiger partial charge is 0.300 e. The molecule has 0 spiro atoms. The summed E-state index contributed by atoms with van der Waals surface area (Å²) in [5.41, 5.74) is 1.05. The third-order valence-corrected chi connectivity index (χ3v) is 5.02. The van der Waals surface area contributed by atoms with Crippen LogP contribution in [0.1, 0.15) is 32.3 Å². The van der Waals surface area contributed by atoms with Gasteiger partial charge in [-0.05, 0) is 55.5 Å². The van der Waals surface area contributed by atoms with Gasteiger partial charge in [0, 0.05) is 20.0 Å². The van der Waals surface area contributed by atoms with Crippen molar-refractivity contribution < 1.29 is 19.4 Å². The van der Waals surface area contributed by atoms with Crippen LogP contribution in [0.5, 0.6) is 11.5 Å². The Balaban J connectivity index is 0.000000735. The lowest BCUT2D eigenvalue weighted by molar-refractivity contribution is -0.134. The maximum absolute atomic E-state index is 9.00. The van der Waals surface area contributed by atoms with Crippen molar-refractivity contribution in [2.45, 2.75) is 33.3 Å². The van der Waals surface area contributed by atoms with Crippen molar-refractivity contribution in [3.63, 3.8) is 0 Å². The molecule has 1 saturated heterocycles. The maximum Gasteiger partial charge on any atom is 0.300 e. The first kappa shape index (κ1) is 23.5. The van der Waals surface area contributed by atoms with E-state index in [1.165, 1.54) is 0 Å². The van der Waals surface area contributed by atoms with Crippen LogP contribution in [0.2, 0.25) is 5.02 Å². The fraction of sp³-hybridized carbons (Fsp3) is 0.391. The Morgan fingerprint density at radius 3 is 2.43 bits per heavy atom. The number of carboxylic acids is 1. The molecule has 1 fully saturated rings. The first-order valence-electron chi connectivity index (χ1n) is 9.94. The Bertz CT molecular complexity index is 831. The molecule has 6 nitrogen and oxygen atoms in total. The van der Waals surface area contributed by atoms with Crippen molar-refractivity contribution in [1.29, 1.82) is 5.41 Å². The van der Waals surface area contributed by atoms with Crippen LogP contribution in [0.25, 0.3) is 0 Å². The van der Waals surface area contributed by atoms with E-state index in [-0.39, 0.29) is 0 Å². The molecule has 0 bridgehead atoms. The number of hydrogen-bond donors (Lipinski definition) is 2. The van der Waals surface area contributed by atoms with E-state index in [0.29, 0.717) is 29.1 Å². The van der Waals surface area contributed by atoms with Crippen LogP contribution in [0, 0.1) is 11.3 Å². The van der Waals surface area contributed by atoms with E-state index < -0.39 is 5.97 Å². The van der Waals surface area contributed by atoms with Gasteiger partial charge < -0.3 is 19.5 Å². The van der Waals surface area contributed by atoms with E-state index in [4.69, 9.17) is 36.4 Å². The second-order valence-electron chi connectivity index (χ2n) is 7.21. The number of carbonyl (C=O) groups is 1. The van der Waals surface area contributed by atoms with Gasteiger partial charge in [0.1, 0.15) is 18.1 Å². The van der Waals surface area contributed by atoms with Crippen LogP contribution in [-0.4, -0.2) is 41.5 Å². The van der Waals surface area contributed by atoms with Crippen molar-refractivity contribution in [1.82, 2.24) is 4.90 Å². The molecule has 3 rings (SSSR count). The number of ether oxygens (including phenoxy) is 2. The molecule has 1 aliphatic heterocycles. The number of likely N-dealkylation sites (tertiary alicyclic amines) is 1. The fourth-order valence-corrected chi connectivity index (χ4v) is 3.29. The zero-order valence-corrected chi connectivity index (χ0v) is 18.2. The molecule has 162 valence electrons. The second-order valence-corrected chi connectivity index (χ2v) is 7.62. The summed E-state index contributed by atoms with van der Waals surface area (Å²) < 4.78 is 11.8. The number of nitrogens with zero attached hydrogens (tertiary/aromatic N) is 1. The summed E-state index contributed by atoms with van der Waals surface area (Å²) in [6.45, 7) is 6.02. The molecule has 1 heterocycles. The second kappa shape index (κ2) is 12.1.